The normalized spacial score (nSPS) is 14.7. The van der Waals surface area contributed by atoms with E-state index in [2.05, 4.69) is 42.1 Å². The summed E-state index contributed by atoms with van der Waals surface area (Å²) in [5, 5.41) is 3.70. The Morgan fingerprint density at radius 1 is 1.29 bits per heavy atom. The summed E-state index contributed by atoms with van der Waals surface area (Å²) in [5.74, 6) is 7.17. The summed E-state index contributed by atoms with van der Waals surface area (Å²) in [6, 6.07) is 3.86. The van der Waals surface area contributed by atoms with E-state index in [1.807, 2.05) is 25.3 Å². The van der Waals surface area contributed by atoms with Gasteiger partial charge in [-0.2, -0.15) is 0 Å². The van der Waals surface area contributed by atoms with Crippen molar-refractivity contribution in [3.63, 3.8) is 0 Å². The molecule has 2 nitrogen and oxygen atoms in total. The van der Waals surface area contributed by atoms with Crippen LogP contribution in [0, 0.1) is 11.8 Å². The Hall–Kier alpha value is -1.98. The molecule has 0 unspecified atom stereocenters. The van der Waals surface area contributed by atoms with E-state index in [1.165, 1.54) is 11.1 Å². The van der Waals surface area contributed by atoms with Crippen LogP contribution in [0.25, 0.3) is 0 Å². The zero-order chi connectivity index (χ0) is 15.2. The second-order valence-corrected chi connectivity index (χ2v) is 5.36. The van der Waals surface area contributed by atoms with Crippen molar-refractivity contribution >= 4 is 17.4 Å². The highest BCUT2D eigenvalue weighted by Gasteiger charge is 2.09. The number of halogens is 1. The van der Waals surface area contributed by atoms with Crippen LogP contribution in [0.2, 0.25) is 0 Å². The standard InChI is InChI=1S/C18H19ClN2/c1-4-14-6-9-17(19)16(13(2)11-14)8-5-15-7-10-18(20-3)21-12-15/h6-7,9-10,12H,4,11H2,1-3H3,(H,20,21). The minimum absolute atomic E-state index is 0.711. The van der Waals surface area contributed by atoms with Crippen LogP contribution in [-0.2, 0) is 0 Å². The third kappa shape index (κ3) is 4.00. The van der Waals surface area contributed by atoms with Gasteiger partial charge in [0.1, 0.15) is 5.82 Å². The first-order chi connectivity index (χ1) is 10.1. The van der Waals surface area contributed by atoms with E-state index in [1.54, 1.807) is 6.20 Å². The van der Waals surface area contributed by atoms with Crippen LogP contribution >= 0.6 is 11.6 Å². The van der Waals surface area contributed by atoms with Crippen LogP contribution < -0.4 is 5.32 Å². The van der Waals surface area contributed by atoms with Gasteiger partial charge in [-0.15, -0.1) is 0 Å². The van der Waals surface area contributed by atoms with Crippen molar-refractivity contribution in [2.45, 2.75) is 26.7 Å². The molecular formula is C18H19ClN2. The Morgan fingerprint density at radius 3 is 2.71 bits per heavy atom. The van der Waals surface area contributed by atoms with Crippen molar-refractivity contribution in [3.8, 4) is 11.8 Å². The summed E-state index contributed by atoms with van der Waals surface area (Å²) < 4.78 is 0. The van der Waals surface area contributed by atoms with Crippen LogP contribution in [0.15, 0.2) is 52.2 Å². The van der Waals surface area contributed by atoms with Crippen LogP contribution in [0.3, 0.4) is 0 Å². The van der Waals surface area contributed by atoms with Crippen LogP contribution in [0.4, 0.5) is 5.82 Å². The second kappa shape index (κ2) is 7.15. The number of allylic oxidation sites excluding steroid dienone is 6. The number of rotatable bonds is 2. The fourth-order valence-electron chi connectivity index (χ4n) is 2.13. The molecule has 1 aromatic rings. The number of aromatic nitrogens is 1. The predicted octanol–water partition coefficient (Wildman–Crippen LogP) is 4.65. The van der Waals surface area contributed by atoms with Gasteiger partial charge in [0.15, 0.2) is 0 Å². The number of anilines is 1. The van der Waals surface area contributed by atoms with Gasteiger partial charge in [0.05, 0.1) is 5.03 Å². The first-order valence-electron chi connectivity index (χ1n) is 7.05. The van der Waals surface area contributed by atoms with Crippen LogP contribution in [0.1, 0.15) is 32.3 Å². The summed E-state index contributed by atoms with van der Waals surface area (Å²) in [7, 11) is 1.84. The smallest absolute Gasteiger partial charge is 0.125 e. The Morgan fingerprint density at radius 2 is 2.10 bits per heavy atom. The topological polar surface area (TPSA) is 24.9 Å². The zero-order valence-electron chi connectivity index (χ0n) is 12.6. The number of nitrogens with one attached hydrogen (secondary N) is 1. The molecule has 0 bridgehead atoms. The van der Waals surface area contributed by atoms with Crippen molar-refractivity contribution in [3.05, 3.63) is 57.8 Å². The Bertz CT molecular complexity index is 667. The number of nitrogens with zero attached hydrogens (tertiary/aromatic N) is 1. The molecule has 1 aromatic heterocycles. The maximum Gasteiger partial charge on any atom is 0.125 e. The monoisotopic (exact) mass is 298 g/mol. The molecular weight excluding hydrogens is 280 g/mol. The molecule has 0 fully saturated rings. The van der Waals surface area contributed by atoms with Crippen LogP contribution in [0.5, 0.6) is 0 Å². The van der Waals surface area contributed by atoms with Gasteiger partial charge >= 0.3 is 0 Å². The quantitative estimate of drug-likeness (QED) is 0.804. The van der Waals surface area contributed by atoms with Gasteiger partial charge in [0.25, 0.3) is 0 Å². The number of hydrogen-bond acceptors (Lipinski definition) is 2. The summed E-state index contributed by atoms with van der Waals surface area (Å²) in [6.45, 7) is 4.25. The summed E-state index contributed by atoms with van der Waals surface area (Å²) in [6.07, 6.45) is 7.78. The van der Waals surface area contributed by atoms with Gasteiger partial charge in [0.2, 0.25) is 0 Å². The molecule has 0 aromatic carbocycles. The lowest BCUT2D eigenvalue weighted by Gasteiger charge is -2.05. The molecule has 0 radical (unpaired) electrons. The summed E-state index contributed by atoms with van der Waals surface area (Å²) in [5.41, 5.74) is 4.40. The van der Waals surface area contributed by atoms with Gasteiger partial charge in [-0.05, 0) is 38.0 Å². The molecule has 1 heterocycles. The van der Waals surface area contributed by atoms with Crippen molar-refractivity contribution < 1.29 is 0 Å². The SMILES string of the molecule is CCC1=CC=C(Cl)C(C#Cc2ccc(NC)nc2)=C(C)C1. The Kier molecular flexibility index (Phi) is 5.25. The zero-order valence-corrected chi connectivity index (χ0v) is 13.4. The van der Waals surface area contributed by atoms with E-state index in [0.717, 1.165) is 29.8 Å². The molecule has 0 aliphatic heterocycles. The summed E-state index contributed by atoms with van der Waals surface area (Å²) >= 11 is 6.35. The van der Waals surface area contributed by atoms with E-state index >= 15 is 0 Å². The first kappa shape index (κ1) is 15.4. The van der Waals surface area contributed by atoms with E-state index in [4.69, 9.17) is 11.6 Å². The third-order valence-electron chi connectivity index (χ3n) is 3.43. The minimum atomic E-state index is 0.711. The van der Waals surface area contributed by atoms with Crippen LogP contribution in [-0.4, -0.2) is 12.0 Å². The highest BCUT2D eigenvalue weighted by Crippen LogP contribution is 2.27. The van der Waals surface area contributed by atoms with Crippen molar-refractivity contribution in [2.24, 2.45) is 0 Å². The lowest BCUT2D eigenvalue weighted by molar-refractivity contribution is 0.989. The molecule has 0 saturated heterocycles. The van der Waals surface area contributed by atoms with E-state index in [9.17, 15) is 0 Å². The van der Waals surface area contributed by atoms with Crippen molar-refractivity contribution in [1.29, 1.82) is 0 Å². The Balaban J connectivity index is 2.28. The maximum absolute atomic E-state index is 6.35. The number of pyridine rings is 1. The van der Waals surface area contributed by atoms with E-state index < -0.39 is 0 Å². The van der Waals surface area contributed by atoms with Gasteiger partial charge in [-0.3, -0.25) is 0 Å². The predicted molar refractivity (Wildman–Crippen MR) is 90.3 cm³/mol. The van der Waals surface area contributed by atoms with Gasteiger partial charge in [0, 0.05) is 24.4 Å². The Labute approximate surface area is 131 Å². The third-order valence-corrected chi connectivity index (χ3v) is 3.74. The molecule has 21 heavy (non-hydrogen) atoms. The minimum Gasteiger partial charge on any atom is -0.373 e. The van der Waals surface area contributed by atoms with Gasteiger partial charge < -0.3 is 5.32 Å². The fourth-order valence-corrected chi connectivity index (χ4v) is 2.40. The first-order valence-corrected chi connectivity index (χ1v) is 7.43. The molecule has 1 N–H and O–H groups in total. The van der Waals surface area contributed by atoms with Gasteiger partial charge in [-0.25, -0.2) is 4.98 Å². The molecule has 0 spiro atoms. The van der Waals surface area contributed by atoms with E-state index in [0.29, 0.717) is 5.03 Å². The average molecular weight is 299 g/mol. The molecule has 1 aliphatic carbocycles. The maximum atomic E-state index is 6.35. The molecule has 108 valence electrons. The molecule has 0 saturated carbocycles. The van der Waals surface area contributed by atoms with Gasteiger partial charge in [-0.1, -0.05) is 47.6 Å². The molecule has 0 atom stereocenters. The molecule has 3 heteroatoms. The highest BCUT2D eigenvalue weighted by molar-refractivity contribution is 6.32. The second-order valence-electron chi connectivity index (χ2n) is 4.96. The van der Waals surface area contributed by atoms with Crippen molar-refractivity contribution in [1.82, 2.24) is 4.98 Å². The lowest BCUT2D eigenvalue weighted by atomic mass is 10.0. The lowest BCUT2D eigenvalue weighted by Crippen LogP contribution is -1.91. The molecule has 2 rings (SSSR count). The fraction of sp³-hybridized carbons (Fsp3) is 0.278. The largest absolute Gasteiger partial charge is 0.373 e. The highest BCUT2D eigenvalue weighted by atomic mass is 35.5. The molecule has 0 amide bonds. The van der Waals surface area contributed by atoms with E-state index in [-0.39, 0.29) is 0 Å². The van der Waals surface area contributed by atoms with Crippen molar-refractivity contribution in [2.75, 3.05) is 12.4 Å². The molecule has 1 aliphatic rings. The number of hydrogen-bond donors (Lipinski definition) is 1. The average Bonchev–Trinajstić information content (AvgIpc) is 2.64. The summed E-state index contributed by atoms with van der Waals surface area (Å²) in [4.78, 5) is 4.26.